The fraction of sp³-hybridized carbons (Fsp3) is 0.375. The van der Waals surface area contributed by atoms with E-state index in [9.17, 15) is 18.0 Å². The molecular formula is C24H25F3N2O. The van der Waals surface area contributed by atoms with E-state index in [1.807, 2.05) is 44.1 Å². The summed E-state index contributed by atoms with van der Waals surface area (Å²) in [4.78, 5) is 15.2. The lowest BCUT2D eigenvalue weighted by Crippen LogP contribution is -2.29. The molecule has 0 saturated carbocycles. The molecule has 6 heteroatoms. The molecule has 2 aromatic carbocycles. The number of nitrogens with zero attached hydrogens (tertiary/aromatic N) is 2. The lowest BCUT2D eigenvalue weighted by atomic mass is 9.87. The summed E-state index contributed by atoms with van der Waals surface area (Å²) < 4.78 is 44.7. The van der Waals surface area contributed by atoms with Crippen molar-refractivity contribution in [3.8, 4) is 0 Å². The van der Waals surface area contributed by atoms with Gasteiger partial charge in [0.25, 0.3) is 5.56 Å². The first kappa shape index (κ1) is 20.7. The van der Waals surface area contributed by atoms with Crippen LogP contribution in [-0.4, -0.2) is 23.6 Å². The van der Waals surface area contributed by atoms with E-state index in [-0.39, 0.29) is 10.9 Å². The standard InChI is InChI=1S/C24H25F3N2O/c1-14-6-5-7-17-16(14)9-10-18(17)21-22(24(25,26)27)19-12-15(13-28(2)3)8-11-20(19)29(4)23(21)30/h5-8,11-12,18H,9-10,13H2,1-4H3. The zero-order valence-corrected chi connectivity index (χ0v) is 17.6. The molecule has 0 aliphatic heterocycles. The molecule has 1 atom stereocenters. The van der Waals surface area contributed by atoms with Crippen LogP contribution in [-0.2, 0) is 26.2 Å². The number of aryl methyl sites for hydroxylation is 2. The maximum absolute atomic E-state index is 14.4. The molecule has 0 bridgehead atoms. The summed E-state index contributed by atoms with van der Waals surface area (Å²) in [5, 5.41) is 0.0973. The van der Waals surface area contributed by atoms with Crippen LogP contribution in [0, 0.1) is 6.92 Å². The Bertz CT molecular complexity index is 1190. The van der Waals surface area contributed by atoms with Crippen molar-refractivity contribution >= 4 is 10.9 Å². The Labute approximate surface area is 173 Å². The van der Waals surface area contributed by atoms with Gasteiger partial charge in [-0.3, -0.25) is 4.79 Å². The topological polar surface area (TPSA) is 25.2 Å². The largest absolute Gasteiger partial charge is 0.417 e. The van der Waals surface area contributed by atoms with E-state index in [1.165, 1.54) is 4.57 Å². The van der Waals surface area contributed by atoms with Crippen molar-refractivity contribution in [2.24, 2.45) is 7.05 Å². The molecule has 158 valence electrons. The van der Waals surface area contributed by atoms with Crippen LogP contribution in [0.3, 0.4) is 0 Å². The molecule has 1 heterocycles. The molecule has 1 unspecified atom stereocenters. The minimum Gasteiger partial charge on any atom is -0.311 e. The molecule has 0 saturated heterocycles. The lowest BCUT2D eigenvalue weighted by Gasteiger charge is -2.23. The van der Waals surface area contributed by atoms with Gasteiger partial charge in [-0.15, -0.1) is 0 Å². The van der Waals surface area contributed by atoms with Gasteiger partial charge in [0, 0.05) is 30.5 Å². The molecule has 0 radical (unpaired) electrons. The van der Waals surface area contributed by atoms with Crippen molar-refractivity contribution in [1.82, 2.24) is 9.47 Å². The smallest absolute Gasteiger partial charge is 0.311 e. The molecule has 3 nitrogen and oxygen atoms in total. The van der Waals surface area contributed by atoms with E-state index >= 15 is 0 Å². The van der Waals surface area contributed by atoms with E-state index in [0.717, 1.165) is 22.3 Å². The zero-order chi connectivity index (χ0) is 21.8. The number of hydrogen-bond donors (Lipinski definition) is 0. The summed E-state index contributed by atoms with van der Waals surface area (Å²) in [6.45, 7) is 2.49. The highest BCUT2D eigenvalue weighted by Gasteiger charge is 2.41. The molecular weight excluding hydrogens is 389 g/mol. The highest BCUT2D eigenvalue weighted by atomic mass is 19.4. The van der Waals surface area contributed by atoms with E-state index < -0.39 is 23.2 Å². The molecule has 0 amide bonds. The molecule has 3 aromatic rings. The van der Waals surface area contributed by atoms with Crippen molar-refractivity contribution in [2.45, 2.75) is 38.4 Å². The van der Waals surface area contributed by atoms with Crippen LogP contribution in [0.4, 0.5) is 13.2 Å². The average Bonchev–Trinajstić information content (AvgIpc) is 3.08. The fourth-order valence-electron chi connectivity index (χ4n) is 4.85. The molecule has 1 aliphatic carbocycles. The summed E-state index contributed by atoms with van der Waals surface area (Å²) in [7, 11) is 5.31. The first-order valence-electron chi connectivity index (χ1n) is 10.1. The molecule has 4 rings (SSSR count). The Balaban J connectivity index is 2.06. The van der Waals surface area contributed by atoms with E-state index in [4.69, 9.17) is 0 Å². The number of hydrogen-bond acceptors (Lipinski definition) is 2. The van der Waals surface area contributed by atoms with Gasteiger partial charge in [0.1, 0.15) is 0 Å². The maximum atomic E-state index is 14.4. The first-order chi connectivity index (χ1) is 14.1. The fourth-order valence-corrected chi connectivity index (χ4v) is 4.85. The molecule has 1 aromatic heterocycles. The van der Waals surface area contributed by atoms with Gasteiger partial charge in [0.05, 0.1) is 11.1 Å². The van der Waals surface area contributed by atoms with Crippen LogP contribution < -0.4 is 5.56 Å². The van der Waals surface area contributed by atoms with Crippen LogP contribution in [0.15, 0.2) is 41.2 Å². The van der Waals surface area contributed by atoms with Crippen LogP contribution >= 0.6 is 0 Å². The number of fused-ring (bicyclic) bond motifs is 2. The predicted octanol–water partition coefficient (Wildman–Crippen LogP) is 5.01. The molecule has 1 aliphatic rings. The number of benzene rings is 2. The summed E-state index contributed by atoms with van der Waals surface area (Å²) in [6.07, 6.45) is -3.42. The van der Waals surface area contributed by atoms with Gasteiger partial charge in [0.15, 0.2) is 0 Å². The van der Waals surface area contributed by atoms with Gasteiger partial charge in [-0.2, -0.15) is 13.2 Å². The summed E-state index contributed by atoms with van der Waals surface area (Å²) in [6, 6.07) is 10.7. The van der Waals surface area contributed by atoms with Crippen molar-refractivity contribution in [3.63, 3.8) is 0 Å². The van der Waals surface area contributed by atoms with Crippen molar-refractivity contribution < 1.29 is 13.2 Å². The van der Waals surface area contributed by atoms with Gasteiger partial charge in [-0.05, 0) is 68.2 Å². The second-order valence-corrected chi connectivity index (χ2v) is 8.47. The van der Waals surface area contributed by atoms with Gasteiger partial charge in [-0.25, -0.2) is 0 Å². The SMILES string of the molecule is Cc1cccc2c1CCC2c1c(C(F)(F)F)c2cc(CN(C)C)ccc2n(C)c1=O. The summed E-state index contributed by atoms with van der Waals surface area (Å²) >= 11 is 0. The highest BCUT2D eigenvalue weighted by Crippen LogP contribution is 2.45. The molecule has 0 fully saturated rings. The number of alkyl halides is 3. The Kier molecular flexibility index (Phi) is 5.01. The highest BCUT2D eigenvalue weighted by molar-refractivity contribution is 5.85. The van der Waals surface area contributed by atoms with Crippen LogP contribution in [0.1, 0.15) is 45.7 Å². The first-order valence-corrected chi connectivity index (χ1v) is 10.1. The third-order valence-corrected chi connectivity index (χ3v) is 6.13. The zero-order valence-electron chi connectivity index (χ0n) is 17.6. The monoisotopic (exact) mass is 414 g/mol. The van der Waals surface area contributed by atoms with Crippen molar-refractivity contribution in [3.05, 3.63) is 80.1 Å². The third-order valence-electron chi connectivity index (χ3n) is 6.13. The lowest BCUT2D eigenvalue weighted by molar-refractivity contribution is -0.137. The normalized spacial score (nSPS) is 16.5. The summed E-state index contributed by atoms with van der Waals surface area (Å²) in [5.41, 5.74) is 2.61. The minimum atomic E-state index is -4.62. The van der Waals surface area contributed by atoms with Crippen LogP contribution in [0.2, 0.25) is 0 Å². The van der Waals surface area contributed by atoms with Gasteiger partial charge in [0.2, 0.25) is 0 Å². The maximum Gasteiger partial charge on any atom is 0.417 e. The molecule has 0 spiro atoms. The Morgan fingerprint density at radius 3 is 2.57 bits per heavy atom. The average molecular weight is 414 g/mol. The van der Waals surface area contributed by atoms with Crippen LogP contribution in [0.25, 0.3) is 10.9 Å². The van der Waals surface area contributed by atoms with E-state index in [0.29, 0.717) is 24.9 Å². The number of aromatic nitrogens is 1. The van der Waals surface area contributed by atoms with Gasteiger partial charge in [-0.1, -0.05) is 24.3 Å². The third kappa shape index (κ3) is 3.33. The second-order valence-electron chi connectivity index (χ2n) is 8.47. The minimum absolute atomic E-state index is 0.0973. The van der Waals surface area contributed by atoms with Gasteiger partial charge >= 0.3 is 6.18 Å². The van der Waals surface area contributed by atoms with E-state index in [2.05, 4.69) is 0 Å². The van der Waals surface area contributed by atoms with Crippen LogP contribution in [0.5, 0.6) is 0 Å². The number of pyridine rings is 1. The second kappa shape index (κ2) is 7.27. The Morgan fingerprint density at radius 1 is 1.17 bits per heavy atom. The Morgan fingerprint density at radius 2 is 1.90 bits per heavy atom. The number of rotatable bonds is 3. The quantitative estimate of drug-likeness (QED) is 0.602. The summed E-state index contributed by atoms with van der Waals surface area (Å²) in [5.74, 6) is -0.544. The Hall–Kier alpha value is -2.60. The van der Waals surface area contributed by atoms with E-state index in [1.54, 1.807) is 25.2 Å². The molecule has 30 heavy (non-hydrogen) atoms. The van der Waals surface area contributed by atoms with Crippen molar-refractivity contribution in [2.75, 3.05) is 14.1 Å². The van der Waals surface area contributed by atoms with Gasteiger partial charge < -0.3 is 9.47 Å². The number of halogens is 3. The predicted molar refractivity (Wildman–Crippen MR) is 113 cm³/mol. The molecule has 0 N–H and O–H groups in total. The van der Waals surface area contributed by atoms with Crippen molar-refractivity contribution in [1.29, 1.82) is 0 Å².